The fraction of sp³-hybridized carbons (Fsp3) is 0.857. The van der Waals surface area contributed by atoms with Crippen LogP contribution in [0.25, 0.3) is 0 Å². The van der Waals surface area contributed by atoms with Crippen molar-refractivity contribution in [1.82, 2.24) is 0 Å². The third-order valence-electron chi connectivity index (χ3n) is 1.35. The first-order chi connectivity index (χ1) is 5.85. The third kappa shape index (κ3) is 7.42. The van der Waals surface area contributed by atoms with Crippen LogP contribution in [0.1, 0.15) is 26.2 Å². The highest BCUT2D eigenvalue weighted by Crippen LogP contribution is 2.24. The van der Waals surface area contributed by atoms with E-state index >= 15 is 0 Å². The second kappa shape index (κ2) is 4.94. The first-order valence-corrected chi connectivity index (χ1v) is 3.88. The summed E-state index contributed by atoms with van der Waals surface area (Å²) in [6.45, 7) is 1.70. The van der Waals surface area contributed by atoms with E-state index in [-0.39, 0.29) is 6.42 Å². The van der Waals surface area contributed by atoms with Gasteiger partial charge in [0, 0.05) is 0 Å². The van der Waals surface area contributed by atoms with Gasteiger partial charge in [-0.15, -0.1) is 0 Å². The number of amides is 1. The number of carbonyl (C=O) groups excluding carboxylic acids is 1. The van der Waals surface area contributed by atoms with E-state index in [1.54, 1.807) is 6.92 Å². The molecule has 0 rings (SSSR count). The van der Waals surface area contributed by atoms with Crippen molar-refractivity contribution in [3.63, 3.8) is 0 Å². The molecule has 2 N–H and O–H groups in total. The number of hydrogen-bond donors (Lipinski definition) is 1. The molecule has 3 nitrogen and oxygen atoms in total. The molecular weight excluding hydrogens is 187 g/mol. The predicted molar refractivity (Wildman–Crippen MR) is 40.0 cm³/mol. The number of hydrogen-bond acceptors (Lipinski definition) is 2. The second-order valence-electron chi connectivity index (χ2n) is 2.67. The molecule has 0 radical (unpaired) electrons. The molecule has 0 spiro atoms. The summed E-state index contributed by atoms with van der Waals surface area (Å²) in [6.07, 6.45) is -7.10. The van der Waals surface area contributed by atoms with Crippen LogP contribution in [0, 0.1) is 0 Å². The average molecular weight is 199 g/mol. The van der Waals surface area contributed by atoms with E-state index in [2.05, 4.69) is 10.5 Å². The number of nitrogens with two attached hydrogens (primary N) is 1. The highest BCUT2D eigenvalue weighted by atomic mass is 19.4. The highest BCUT2D eigenvalue weighted by Gasteiger charge is 2.33. The van der Waals surface area contributed by atoms with Gasteiger partial charge in [-0.05, 0) is 6.42 Å². The normalized spacial score (nSPS) is 13.8. The fourth-order valence-electron chi connectivity index (χ4n) is 0.947. The van der Waals surface area contributed by atoms with Crippen LogP contribution in [0.5, 0.6) is 0 Å². The Labute approximate surface area is 74.0 Å². The molecule has 13 heavy (non-hydrogen) atoms. The molecule has 0 saturated heterocycles. The SMILES string of the molecule is CCCC(CC(F)(F)F)OC(N)=O. The minimum absolute atomic E-state index is 0.169. The Bertz CT molecular complexity index is 170. The lowest BCUT2D eigenvalue weighted by Crippen LogP contribution is -2.27. The minimum atomic E-state index is -4.32. The molecule has 0 aliphatic rings. The van der Waals surface area contributed by atoms with E-state index in [1.165, 1.54) is 0 Å². The average Bonchev–Trinajstić information content (AvgIpc) is 1.81. The molecule has 0 saturated carbocycles. The minimum Gasteiger partial charge on any atom is -0.446 e. The van der Waals surface area contributed by atoms with E-state index in [0.29, 0.717) is 6.42 Å². The maximum Gasteiger partial charge on any atom is 0.404 e. The van der Waals surface area contributed by atoms with E-state index in [4.69, 9.17) is 0 Å². The van der Waals surface area contributed by atoms with Crippen molar-refractivity contribution in [1.29, 1.82) is 0 Å². The number of halogens is 3. The van der Waals surface area contributed by atoms with Gasteiger partial charge in [-0.2, -0.15) is 13.2 Å². The number of ether oxygens (including phenoxy) is 1. The van der Waals surface area contributed by atoms with Crippen molar-refractivity contribution in [2.75, 3.05) is 0 Å². The van der Waals surface area contributed by atoms with Crippen LogP contribution < -0.4 is 5.73 Å². The molecule has 0 fully saturated rings. The standard InChI is InChI=1S/C7H12F3NO2/c1-2-3-5(13-6(11)12)4-7(8,9)10/h5H,2-4H2,1H3,(H2,11,12). The largest absolute Gasteiger partial charge is 0.446 e. The molecule has 78 valence electrons. The van der Waals surface area contributed by atoms with Crippen molar-refractivity contribution < 1.29 is 22.7 Å². The number of primary amides is 1. The Morgan fingerprint density at radius 1 is 1.54 bits per heavy atom. The molecule has 0 aliphatic heterocycles. The van der Waals surface area contributed by atoms with Gasteiger partial charge in [0.25, 0.3) is 0 Å². The summed E-state index contributed by atoms with van der Waals surface area (Å²) in [5.74, 6) is 0. The zero-order valence-electron chi connectivity index (χ0n) is 7.23. The zero-order chi connectivity index (χ0) is 10.5. The molecule has 0 bridgehead atoms. The molecule has 0 aromatic carbocycles. The number of rotatable bonds is 4. The van der Waals surface area contributed by atoms with Gasteiger partial charge in [-0.1, -0.05) is 13.3 Å². The van der Waals surface area contributed by atoms with Crippen molar-refractivity contribution in [2.24, 2.45) is 5.73 Å². The molecule has 0 aromatic heterocycles. The predicted octanol–water partition coefficient (Wildman–Crippen LogP) is 2.20. The smallest absolute Gasteiger partial charge is 0.404 e. The van der Waals surface area contributed by atoms with Crippen molar-refractivity contribution in [3.05, 3.63) is 0 Å². The summed E-state index contributed by atoms with van der Waals surface area (Å²) in [5, 5.41) is 0. The van der Waals surface area contributed by atoms with Crippen LogP contribution in [-0.4, -0.2) is 18.4 Å². The number of carbonyl (C=O) groups is 1. The monoisotopic (exact) mass is 199 g/mol. The lowest BCUT2D eigenvalue weighted by molar-refractivity contribution is -0.153. The van der Waals surface area contributed by atoms with Crippen LogP contribution in [0.2, 0.25) is 0 Å². The van der Waals surface area contributed by atoms with Gasteiger partial charge in [0.2, 0.25) is 0 Å². The van der Waals surface area contributed by atoms with Gasteiger partial charge in [-0.25, -0.2) is 4.79 Å². The van der Waals surface area contributed by atoms with Gasteiger partial charge in [0.05, 0.1) is 6.42 Å². The van der Waals surface area contributed by atoms with E-state index in [9.17, 15) is 18.0 Å². The van der Waals surface area contributed by atoms with Crippen molar-refractivity contribution in [3.8, 4) is 0 Å². The molecule has 1 amide bonds. The Kier molecular flexibility index (Phi) is 4.58. The lowest BCUT2D eigenvalue weighted by Gasteiger charge is -2.17. The van der Waals surface area contributed by atoms with E-state index in [0.717, 1.165) is 0 Å². The molecule has 6 heteroatoms. The first-order valence-electron chi connectivity index (χ1n) is 3.88. The van der Waals surface area contributed by atoms with E-state index < -0.39 is 24.8 Å². The molecule has 1 unspecified atom stereocenters. The summed E-state index contributed by atoms with van der Waals surface area (Å²) >= 11 is 0. The zero-order valence-corrected chi connectivity index (χ0v) is 7.23. The van der Waals surface area contributed by atoms with Crippen LogP contribution in [0.3, 0.4) is 0 Å². The topological polar surface area (TPSA) is 52.3 Å². The molecular formula is C7H12F3NO2. The molecule has 0 heterocycles. The third-order valence-corrected chi connectivity index (χ3v) is 1.35. The Morgan fingerprint density at radius 2 is 2.08 bits per heavy atom. The van der Waals surface area contributed by atoms with Crippen molar-refractivity contribution >= 4 is 6.09 Å². The fourth-order valence-corrected chi connectivity index (χ4v) is 0.947. The van der Waals surface area contributed by atoms with Gasteiger partial charge in [0.15, 0.2) is 0 Å². The van der Waals surface area contributed by atoms with E-state index in [1.807, 2.05) is 0 Å². The summed E-state index contributed by atoms with van der Waals surface area (Å²) in [7, 11) is 0. The van der Waals surface area contributed by atoms with Crippen LogP contribution in [0.15, 0.2) is 0 Å². The van der Waals surface area contributed by atoms with Gasteiger partial charge >= 0.3 is 12.3 Å². The first kappa shape index (κ1) is 12.1. The Balaban J connectivity index is 4.01. The summed E-state index contributed by atoms with van der Waals surface area (Å²) in [6, 6.07) is 0. The summed E-state index contributed by atoms with van der Waals surface area (Å²) < 4.78 is 39.8. The second-order valence-corrected chi connectivity index (χ2v) is 2.67. The Hall–Kier alpha value is -0.940. The lowest BCUT2D eigenvalue weighted by atomic mass is 10.1. The molecule has 0 aromatic rings. The molecule has 1 atom stereocenters. The van der Waals surface area contributed by atoms with Crippen molar-refractivity contribution in [2.45, 2.75) is 38.5 Å². The van der Waals surface area contributed by atoms with Gasteiger partial charge in [0.1, 0.15) is 6.10 Å². The maximum absolute atomic E-state index is 11.8. The maximum atomic E-state index is 11.8. The summed E-state index contributed by atoms with van der Waals surface area (Å²) in [4.78, 5) is 10.2. The quantitative estimate of drug-likeness (QED) is 0.754. The van der Waals surface area contributed by atoms with Crippen LogP contribution in [0.4, 0.5) is 18.0 Å². The Morgan fingerprint density at radius 3 is 2.38 bits per heavy atom. The highest BCUT2D eigenvalue weighted by molar-refractivity contribution is 5.64. The molecule has 0 aliphatic carbocycles. The van der Waals surface area contributed by atoms with Crippen LogP contribution in [-0.2, 0) is 4.74 Å². The number of alkyl halides is 3. The van der Waals surface area contributed by atoms with Gasteiger partial charge < -0.3 is 10.5 Å². The van der Waals surface area contributed by atoms with Crippen LogP contribution >= 0.6 is 0 Å². The summed E-state index contributed by atoms with van der Waals surface area (Å²) in [5.41, 5.74) is 4.61. The van der Waals surface area contributed by atoms with Gasteiger partial charge in [-0.3, -0.25) is 0 Å².